The van der Waals surface area contributed by atoms with Crippen molar-refractivity contribution in [1.29, 1.82) is 0 Å². The number of rotatable bonds is 4. The number of nitrogens with one attached hydrogen (secondary N) is 1. The van der Waals surface area contributed by atoms with Crippen LogP contribution in [0.25, 0.3) is 0 Å². The summed E-state index contributed by atoms with van der Waals surface area (Å²) in [5, 5.41) is 3.42. The molecule has 108 valence electrons. The van der Waals surface area contributed by atoms with Crippen LogP contribution in [0.15, 0.2) is 36.5 Å². The molecule has 0 saturated heterocycles. The monoisotopic (exact) mass is 311 g/mol. The molecule has 1 heterocycles. The predicted molar refractivity (Wildman–Crippen MR) is 85.3 cm³/mol. The Labute approximate surface area is 128 Å². The minimum atomic E-state index is -0.317. The summed E-state index contributed by atoms with van der Waals surface area (Å²) >= 11 is 1.46. The Morgan fingerprint density at radius 3 is 2.55 bits per heavy atom. The van der Waals surface area contributed by atoms with Gasteiger partial charge in [-0.3, -0.25) is 4.79 Å². The second-order valence-electron chi connectivity index (χ2n) is 4.49. The third-order valence-electron chi connectivity index (χ3n) is 2.99. The van der Waals surface area contributed by atoms with Crippen molar-refractivity contribution in [1.82, 2.24) is 4.98 Å². The number of anilines is 1. The fraction of sp³-hybridized carbons (Fsp3) is 0.286. The van der Waals surface area contributed by atoms with Crippen LogP contribution in [0.1, 0.15) is 23.4 Å². The van der Waals surface area contributed by atoms with Gasteiger partial charge in [0.25, 0.3) is 0 Å². The van der Waals surface area contributed by atoms with Crippen LogP contribution in [0.2, 0.25) is 0 Å². The molecule has 2 aromatic rings. The maximum absolute atomic E-state index is 12.1. The number of nitrogens with zero attached hydrogens (tertiary/aromatic N) is 1. The van der Waals surface area contributed by atoms with E-state index in [1.165, 1.54) is 11.3 Å². The van der Waals surface area contributed by atoms with Gasteiger partial charge in [-0.15, -0.1) is 23.7 Å². The first-order valence-corrected chi connectivity index (χ1v) is 6.93. The molecule has 2 unspecified atom stereocenters. The lowest BCUT2D eigenvalue weighted by molar-refractivity contribution is -0.120. The molecule has 0 fully saturated rings. The number of amides is 1. The summed E-state index contributed by atoms with van der Waals surface area (Å²) in [6, 6.07) is 9.32. The van der Waals surface area contributed by atoms with Crippen LogP contribution >= 0.6 is 23.7 Å². The number of thiazole rings is 1. The van der Waals surface area contributed by atoms with Gasteiger partial charge in [0.15, 0.2) is 5.13 Å². The van der Waals surface area contributed by atoms with Gasteiger partial charge in [0.05, 0.1) is 5.92 Å². The van der Waals surface area contributed by atoms with Gasteiger partial charge in [-0.1, -0.05) is 37.3 Å². The summed E-state index contributed by atoms with van der Waals surface area (Å²) in [5.74, 6) is -0.419. The molecule has 4 nitrogen and oxygen atoms in total. The summed E-state index contributed by atoms with van der Waals surface area (Å²) in [6.45, 7) is 3.78. The number of hydrogen-bond acceptors (Lipinski definition) is 4. The van der Waals surface area contributed by atoms with E-state index >= 15 is 0 Å². The largest absolute Gasteiger partial charge is 0.323 e. The molecule has 0 aliphatic carbocycles. The Morgan fingerprint density at radius 2 is 2.00 bits per heavy atom. The van der Waals surface area contributed by atoms with Crippen LogP contribution in [0.3, 0.4) is 0 Å². The van der Waals surface area contributed by atoms with Gasteiger partial charge in [0.1, 0.15) is 0 Å². The number of halogens is 1. The molecule has 0 spiro atoms. The quantitative estimate of drug-likeness (QED) is 0.911. The molecule has 6 heteroatoms. The van der Waals surface area contributed by atoms with Crippen molar-refractivity contribution in [3.8, 4) is 0 Å². The Kier molecular flexibility index (Phi) is 6.13. The average molecular weight is 312 g/mol. The Bertz CT molecular complexity index is 559. The summed E-state index contributed by atoms with van der Waals surface area (Å²) in [6.07, 6.45) is 1.74. The number of hydrogen-bond donors (Lipinski definition) is 2. The van der Waals surface area contributed by atoms with Crippen LogP contribution in [0.4, 0.5) is 5.13 Å². The van der Waals surface area contributed by atoms with Gasteiger partial charge in [-0.05, 0) is 12.5 Å². The van der Waals surface area contributed by atoms with Gasteiger partial charge in [0.2, 0.25) is 5.91 Å². The van der Waals surface area contributed by atoms with Crippen LogP contribution < -0.4 is 11.1 Å². The van der Waals surface area contributed by atoms with E-state index in [4.69, 9.17) is 5.73 Å². The topological polar surface area (TPSA) is 68.0 Å². The van der Waals surface area contributed by atoms with Crippen molar-refractivity contribution in [3.63, 3.8) is 0 Å². The zero-order valence-corrected chi connectivity index (χ0v) is 13.0. The maximum atomic E-state index is 12.1. The summed E-state index contributed by atoms with van der Waals surface area (Å²) in [7, 11) is 0. The first-order valence-electron chi connectivity index (χ1n) is 6.11. The molecule has 1 aromatic carbocycles. The van der Waals surface area contributed by atoms with Gasteiger partial charge < -0.3 is 11.1 Å². The predicted octanol–water partition coefficient (Wildman–Crippen LogP) is 3.15. The van der Waals surface area contributed by atoms with Crippen molar-refractivity contribution in [3.05, 3.63) is 47.0 Å². The average Bonchev–Trinajstić information content (AvgIpc) is 2.83. The van der Waals surface area contributed by atoms with Crippen LogP contribution in [0, 0.1) is 12.8 Å². The standard InChI is InChI=1S/C14H17N3OS.ClH/c1-9-8-16-14(19-9)17-13(18)10(2)12(15)11-6-4-3-5-7-11;/h3-8,10,12H,15H2,1-2H3,(H,16,17,18);1H. The highest BCUT2D eigenvalue weighted by Gasteiger charge is 2.22. The van der Waals surface area contributed by atoms with E-state index in [1.54, 1.807) is 6.20 Å². The van der Waals surface area contributed by atoms with Gasteiger partial charge >= 0.3 is 0 Å². The molecule has 20 heavy (non-hydrogen) atoms. The third-order valence-corrected chi connectivity index (χ3v) is 3.82. The SMILES string of the molecule is Cc1cnc(NC(=O)C(C)C(N)c2ccccc2)s1.Cl. The summed E-state index contributed by atoms with van der Waals surface area (Å²) < 4.78 is 0. The number of nitrogens with two attached hydrogens (primary N) is 1. The van der Waals surface area contributed by atoms with E-state index in [-0.39, 0.29) is 30.3 Å². The van der Waals surface area contributed by atoms with Crippen molar-refractivity contribution in [2.45, 2.75) is 19.9 Å². The highest BCUT2D eigenvalue weighted by Crippen LogP contribution is 2.22. The molecule has 3 N–H and O–H groups in total. The minimum Gasteiger partial charge on any atom is -0.323 e. The summed E-state index contributed by atoms with van der Waals surface area (Å²) in [5.41, 5.74) is 7.08. The zero-order chi connectivity index (χ0) is 13.8. The molecule has 1 aromatic heterocycles. The van der Waals surface area contributed by atoms with E-state index in [9.17, 15) is 4.79 Å². The lowest BCUT2D eigenvalue weighted by Crippen LogP contribution is -2.30. The van der Waals surface area contributed by atoms with Gasteiger partial charge in [0, 0.05) is 17.1 Å². The van der Waals surface area contributed by atoms with E-state index in [0.717, 1.165) is 10.4 Å². The molecule has 0 aliphatic heterocycles. The second-order valence-corrected chi connectivity index (χ2v) is 5.73. The molecule has 0 radical (unpaired) electrons. The lowest BCUT2D eigenvalue weighted by atomic mass is 9.95. The second kappa shape index (κ2) is 7.38. The first kappa shape index (κ1) is 16.6. The molecular weight excluding hydrogens is 294 g/mol. The molecule has 2 rings (SSSR count). The molecule has 0 bridgehead atoms. The highest BCUT2D eigenvalue weighted by molar-refractivity contribution is 7.15. The van der Waals surface area contributed by atoms with Crippen molar-refractivity contribution < 1.29 is 4.79 Å². The molecule has 0 aliphatic rings. The van der Waals surface area contributed by atoms with E-state index in [0.29, 0.717) is 5.13 Å². The number of aryl methyl sites for hydroxylation is 1. The fourth-order valence-corrected chi connectivity index (χ4v) is 2.43. The number of carbonyl (C=O) groups excluding carboxylic acids is 1. The fourth-order valence-electron chi connectivity index (χ4n) is 1.76. The van der Waals surface area contributed by atoms with Gasteiger partial charge in [-0.2, -0.15) is 0 Å². The van der Waals surface area contributed by atoms with Crippen LogP contribution in [-0.4, -0.2) is 10.9 Å². The first-order chi connectivity index (χ1) is 9.08. The molecular formula is C14H18ClN3OS. The normalized spacial score (nSPS) is 13.2. The zero-order valence-electron chi connectivity index (χ0n) is 11.4. The molecule has 1 amide bonds. The van der Waals surface area contributed by atoms with E-state index in [2.05, 4.69) is 10.3 Å². The van der Waals surface area contributed by atoms with Crippen molar-refractivity contribution in [2.24, 2.45) is 11.7 Å². The van der Waals surface area contributed by atoms with Gasteiger partial charge in [-0.25, -0.2) is 4.98 Å². The molecule has 2 atom stereocenters. The maximum Gasteiger partial charge on any atom is 0.230 e. The number of carbonyl (C=O) groups is 1. The van der Waals surface area contributed by atoms with Crippen LogP contribution in [0.5, 0.6) is 0 Å². The summed E-state index contributed by atoms with van der Waals surface area (Å²) in [4.78, 5) is 17.3. The Morgan fingerprint density at radius 1 is 1.35 bits per heavy atom. The highest BCUT2D eigenvalue weighted by atomic mass is 35.5. The van der Waals surface area contributed by atoms with Crippen LogP contribution in [-0.2, 0) is 4.79 Å². The minimum absolute atomic E-state index is 0. The number of aromatic nitrogens is 1. The van der Waals surface area contributed by atoms with E-state index in [1.807, 2.05) is 44.2 Å². The lowest BCUT2D eigenvalue weighted by Gasteiger charge is -2.19. The van der Waals surface area contributed by atoms with Crippen molar-refractivity contribution in [2.75, 3.05) is 5.32 Å². The van der Waals surface area contributed by atoms with Crippen molar-refractivity contribution >= 4 is 34.8 Å². The Hall–Kier alpha value is -1.43. The van der Waals surface area contributed by atoms with E-state index < -0.39 is 0 Å². The smallest absolute Gasteiger partial charge is 0.230 e. The Balaban J connectivity index is 0.00000200. The molecule has 0 saturated carbocycles. The number of benzene rings is 1. The third kappa shape index (κ3) is 4.03.